The van der Waals surface area contributed by atoms with Crippen LogP contribution >= 0.6 is 22.9 Å². The number of hydrogen-bond donors (Lipinski definition) is 2. The van der Waals surface area contributed by atoms with Crippen molar-refractivity contribution in [2.75, 3.05) is 11.4 Å². The van der Waals surface area contributed by atoms with Gasteiger partial charge in [0.2, 0.25) is 23.6 Å². The third-order valence-electron chi connectivity index (χ3n) is 12.4. The summed E-state index contributed by atoms with van der Waals surface area (Å²) in [4.78, 5) is 61.3. The van der Waals surface area contributed by atoms with Crippen LogP contribution in [-0.2, 0) is 32.6 Å². The lowest BCUT2D eigenvalue weighted by Gasteiger charge is -2.49. The first-order valence-electron chi connectivity index (χ1n) is 18.2. The molecule has 3 fully saturated rings. The lowest BCUT2D eigenvalue weighted by molar-refractivity contribution is -0.140. The van der Waals surface area contributed by atoms with Crippen molar-refractivity contribution < 1.29 is 33.8 Å². The Morgan fingerprint density at radius 2 is 1.73 bits per heavy atom. The molecule has 55 heavy (non-hydrogen) atoms. The van der Waals surface area contributed by atoms with Gasteiger partial charge in [-0.15, -0.1) is 11.3 Å². The average Bonchev–Trinajstić information content (AvgIpc) is 3.83. The minimum atomic E-state index is -1.39. The van der Waals surface area contributed by atoms with Crippen molar-refractivity contribution in [2.45, 2.75) is 39.0 Å². The summed E-state index contributed by atoms with van der Waals surface area (Å²) in [5.41, 5.74) is 2.14. The molecule has 2 N–H and O–H groups in total. The fourth-order valence-corrected chi connectivity index (χ4v) is 11.0. The fraction of sp³-hybridized carbons (Fsp3) is 0.310. The van der Waals surface area contributed by atoms with Crippen molar-refractivity contribution in [1.29, 1.82) is 0 Å². The standard InChI is InChI=1S/C42H36ClFN4O6S/c1-20-27-17-23(43)7-13-33(27)55-37(20)31-19-34(46(3)45-31)48-39(52)29-18-28-25(36(42(29,2)41(48)54)22-6-12-32(50)30(44)16-22)10-11-26-35(28)40(53)47(38(26)51)15-14-21-4-8-24(49)9-5-21/h4-10,12-13,16-17,19,26,28-29,35-36,49-50H,11,14-15,18H2,1-3H3/t26-,28+,29-,35-,36-,42+/m0/s1. The van der Waals surface area contributed by atoms with Gasteiger partial charge >= 0.3 is 0 Å². The minimum absolute atomic E-state index is 0.119. The van der Waals surface area contributed by atoms with Crippen molar-refractivity contribution in [3.63, 3.8) is 0 Å². The van der Waals surface area contributed by atoms with Crippen molar-refractivity contribution in [3.05, 3.63) is 106 Å². The summed E-state index contributed by atoms with van der Waals surface area (Å²) < 4.78 is 17.7. The van der Waals surface area contributed by atoms with Crippen LogP contribution in [-0.4, -0.2) is 55.1 Å². The van der Waals surface area contributed by atoms with Crippen LogP contribution in [0, 0.1) is 41.8 Å². The van der Waals surface area contributed by atoms with E-state index >= 15 is 4.39 Å². The number of phenols is 2. The van der Waals surface area contributed by atoms with Gasteiger partial charge in [0, 0.05) is 35.3 Å². The third kappa shape index (κ3) is 5.21. The van der Waals surface area contributed by atoms with Gasteiger partial charge in [-0.3, -0.25) is 28.8 Å². The number of likely N-dealkylation sites (tertiary alicyclic amines) is 1. The van der Waals surface area contributed by atoms with Gasteiger partial charge in [0.15, 0.2) is 11.6 Å². The number of aromatic hydroxyl groups is 2. The summed E-state index contributed by atoms with van der Waals surface area (Å²) in [7, 11) is 1.68. The Hall–Kier alpha value is -5.33. The molecule has 3 aromatic carbocycles. The molecule has 0 unspecified atom stereocenters. The van der Waals surface area contributed by atoms with Crippen LogP contribution in [0.2, 0.25) is 5.02 Å². The Balaban J connectivity index is 1.10. The Kier molecular flexibility index (Phi) is 8.11. The normalized spacial score (nSPS) is 26.1. The van der Waals surface area contributed by atoms with E-state index in [0.717, 1.165) is 31.7 Å². The number of aromatic nitrogens is 2. The minimum Gasteiger partial charge on any atom is -0.508 e. The van der Waals surface area contributed by atoms with Crippen LogP contribution in [0.1, 0.15) is 42.4 Å². The summed E-state index contributed by atoms with van der Waals surface area (Å²) >= 11 is 7.84. The van der Waals surface area contributed by atoms with Crippen LogP contribution in [0.25, 0.3) is 20.7 Å². The quantitative estimate of drug-likeness (QED) is 0.137. The van der Waals surface area contributed by atoms with E-state index in [4.69, 9.17) is 16.7 Å². The van der Waals surface area contributed by atoms with Crippen molar-refractivity contribution >= 4 is 62.5 Å². The van der Waals surface area contributed by atoms with Gasteiger partial charge < -0.3 is 10.2 Å². The molecule has 13 heteroatoms. The predicted molar refractivity (Wildman–Crippen MR) is 205 cm³/mol. The highest BCUT2D eigenvalue weighted by Crippen LogP contribution is 2.63. The van der Waals surface area contributed by atoms with Crippen molar-refractivity contribution in [3.8, 4) is 22.1 Å². The highest BCUT2D eigenvalue weighted by molar-refractivity contribution is 7.22. The highest BCUT2D eigenvalue weighted by atomic mass is 35.5. The molecule has 10 nitrogen and oxygen atoms in total. The molecule has 6 atom stereocenters. The first kappa shape index (κ1) is 35.4. The number of carbonyl (C=O) groups excluding carboxylic acids is 4. The number of aryl methyl sites for hydroxylation is 2. The van der Waals surface area contributed by atoms with Crippen LogP contribution in [0.4, 0.5) is 10.2 Å². The first-order chi connectivity index (χ1) is 26.3. The third-order valence-corrected chi connectivity index (χ3v) is 14.0. The number of hydrogen-bond acceptors (Lipinski definition) is 8. The topological polar surface area (TPSA) is 133 Å². The van der Waals surface area contributed by atoms with Crippen LogP contribution < -0.4 is 4.90 Å². The number of amides is 4. The molecule has 2 aliphatic heterocycles. The maximum absolute atomic E-state index is 15.1. The Labute approximate surface area is 324 Å². The summed E-state index contributed by atoms with van der Waals surface area (Å²) in [6.07, 6.45) is 2.72. The molecule has 2 aliphatic carbocycles. The zero-order valence-corrected chi connectivity index (χ0v) is 31.7. The number of rotatable bonds is 6. The first-order valence-corrected chi connectivity index (χ1v) is 19.4. The number of halogens is 2. The number of nitrogens with zero attached hydrogens (tertiary/aromatic N) is 4. The van der Waals surface area contributed by atoms with Gasteiger partial charge in [0.1, 0.15) is 17.3 Å². The average molecular weight is 779 g/mol. The monoisotopic (exact) mass is 778 g/mol. The molecule has 2 saturated heterocycles. The van der Waals surface area contributed by atoms with Crippen LogP contribution in [0.3, 0.4) is 0 Å². The molecule has 4 heterocycles. The zero-order valence-electron chi connectivity index (χ0n) is 30.1. The van der Waals surface area contributed by atoms with Crippen LogP contribution in [0.15, 0.2) is 78.4 Å². The summed E-state index contributed by atoms with van der Waals surface area (Å²) in [6, 6.07) is 18.0. The smallest absolute Gasteiger partial charge is 0.242 e. The van der Waals surface area contributed by atoms with Gasteiger partial charge in [-0.1, -0.05) is 41.4 Å². The highest BCUT2D eigenvalue weighted by Gasteiger charge is 2.68. The maximum atomic E-state index is 15.1. The molecule has 0 spiro atoms. The van der Waals surface area contributed by atoms with Crippen LogP contribution in [0.5, 0.6) is 11.5 Å². The molecule has 280 valence electrons. The Morgan fingerprint density at radius 3 is 2.47 bits per heavy atom. The fourth-order valence-electron chi connectivity index (χ4n) is 9.72. The number of allylic oxidation sites excluding steroid dienone is 2. The maximum Gasteiger partial charge on any atom is 0.242 e. The summed E-state index contributed by atoms with van der Waals surface area (Å²) in [6.45, 7) is 3.87. The molecule has 0 bridgehead atoms. The molecule has 9 rings (SSSR count). The SMILES string of the molecule is Cc1c(-c2cc(N3C(=O)[C@@H]4C[C@@H]5C(=CC[C@@H]6C(=O)N(CCc7ccc(O)cc7)C(=O)[C@@H]65)[C@H](c5ccc(O)c(F)c5)[C@]4(C)C3=O)n(C)n2)sc2ccc(Cl)cc12. The van der Waals surface area contributed by atoms with E-state index in [-0.39, 0.29) is 42.8 Å². The molecular weight excluding hydrogens is 743 g/mol. The molecule has 4 amide bonds. The Bertz CT molecular complexity index is 2530. The van der Waals surface area contributed by atoms with Gasteiger partial charge in [-0.2, -0.15) is 5.10 Å². The summed E-state index contributed by atoms with van der Waals surface area (Å²) in [5, 5.41) is 26.2. The largest absolute Gasteiger partial charge is 0.508 e. The Morgan fingerprint density at radius 1 is 0.964 bits per heavy atom. The van der Waals surface area contributed by atoms with E-state index in [0.29, 0.717) is 22.7 Å². The number of fused-ring (bicyclic) bond motifs is 5. The molecule has 1 saturated carbocycles. The zero-order chi connectivity index (χ0) is 38.7. The number of carbonyl (C=O) groups is 4. The van der Waals surface area contributed by atoms with E-state index in [1.54, 1.807) is 50.4 Å². The van der Waals surface area contributed by atoms with E-state index in [2.05, 4.69) is 0 Å². The molecular formula is C42H36ClFN4O6S. The molecule has 5 aromatic rings. The van der Waals surface area contributed by atoms with Gasteiger partial charge in [-0.25, -0.2) is 9.29 Å². The number of thiophene rings is 1. The van der Waals surface area contributed by atoms with Gasteiger partial charge in [0.05, 0.1) is 28.0 Å². The predicted octanol–water partition coefficient (Wildman–Crippen LogP) is 7.29. The second kappa shape index (κ2) is 12.6. The lowest BCUT2D eigenvalue weighted by Crippen LogP contribution is -2.49. The second-order valence-electron chi connectivity index (χ2n) is 15.3. The summed E-state index contributed by atoms with van der Waals surface area (Å²) in [5.74, 6) is -6.24. The molecule has 2 aromatic heterocycles. The van der Waals surface area contributed by atoms with E-state index < -0.39 is 58.4 Å². The number of anilines is 1. The van der Waals surface area contributed by atoms with E-state index in [1.807, 2.05) is 31.2 Å². The van der Waals surface area contributed by atoms with Crippen molar-refractivity contribution in [1.82, 2.24) is 14.7 Å². The molecule has 4 aliphatic rings. The van der Waals surface area contributed by atoms with Gasteiger partial charge in [-0.05, 0) is 104 Å². The number of benzene rings is 3. The number of phenolic OH excluding ortho intramolecular Hbond substituents is 2. The lowest BCUT2D eigenvalue weighted by atomic mass is 9.51. The number of imide groups is 2. The van der Waals surface area contributed by atoms with E-state index in [1.165, 1.54) is 38.0 Å². The molecule has 0 radical (unpaired) electrons. The second-order valence-corrected chi connectivity index (χ2v) is 16.8. The van der Waals surface area contributed by atoms with Gasteiger partial charge in [0.25, 0.3) is 0 Å². The van der Waals surface area contributed by atoms with Crippen molar-refractivity contribution in [2.24, 2.45) is 36.1 Å². The van der Waals surface area contributed by atoms with E-state index in [9.17, 15) is 29.4 Å².